The number of rotatable bonds is 9. The fourth-order valence-electron chi connectivity index (χ4n) is 1.92. The molecule has 1 aliphatic rings. The van der Waals surface area contributed by atoms with Crippen LogP contribution in [0.25, 0.3) is 0 Å². The largest absolute Gasteiger partial charge is 0.383 e. The van der Waals surface area contributed by atoms with E-state index in [2.05, 4.69) is 26.7 Å². The van der Waals surface area contributed by atoms with Crippen molar-refractivity contribution >= 4 is 16.5 Å². The molecule has 0 radical (unpaired) electrons. The summed E-state index contributed by atoms with van der Waals surface area (Å²) >= 11 is 1.46. The van der Waals surface area contributed by atoms with Crippen LogP contribution in [0.5, 0.6) is 0 Å². The van der Waals surface area contributed by atoms with Gasteiger partial charge in [0.1, 0.15) is 10.7 Å². The van der Waals surface area contributed by atoms with Crippen molar-refractivity contribution in [3.8, 4) is 0 Å². The zero-order valence-corrected chi connectivity index (χ0v) is 12.0. The van der Waals surface area contributed by atoms with Gasteiger partial charge in [-0.2, -0.15) is 0 Å². The predicted octanol–water partition coefficient (Wildman–Crippen LogP) is 1.97. The standard InChI is InChI=1S/C12H22N4OS/c1-3-6-13-12-11(14-15-18-12)9-16(7-8-17-2)10-4-5-10/h10,13H,3-9H2,1-2H3. The Labute approximate surface area is 113 Å². The van der Waals surface area contributed by atoms with Crippen molar-refractivity contribution < 1.29 is 4.74 Å². The third kappa shape index (κ3) is 3.90. The summed E-state index contributed by atoms with van der Waals surface area (Å²) in [5, 5.41) is 8.77. The lowest BCUT2D eigenvalue weighted by Gasteiger charge is -2.20. The molecule has 1 aliphatic carbocycles. The molecule has 6 heteroatoms. The molecule has 18 heavy (non-hydrogen) atoms. The van der Waals surface area contributed by atoms with Gasteiger partial charge in [-0.05, 0) is 19.3 Å². The lowest BCUT2D eigenvalue weighted by atomic mass is 10.3. The van der Waals surface area contributed by atoms with E-state index in [9.17, 15) is 0 Å². The van der Waals surface area contributed by atoms with E-state index in [0.29, 0.717) is 0 Å². The van der Waals surface area contributed by atoms with Gasteiger partial charge in [0.2, 0.25) is 0 Å². The van der Waals surface area contributed by atoms with Gasteiger partial charge in [-0.15, -0.1) is 5.10 Å². The van der Waals surface area contributed by atoms with Crippen LogP contribution in [0.15, 0.2) is 0 Å². The highest BCUT2D eigenvalue weighted by atomic mass is 32.1. The zero-order valence-electron chi connectivity index (χ0n) is 11.2. The summed E-state index contributed by atoms with van der Waals surface area (Å²) < 4.78 is 9.23. The quantitative estimate of drug-likeness (QED) is 0.743. The minimum atomic E-state index is 0.723. The van der Waals surface area contributed by atoms with Crippen LogP contribution in [-0.4, -0.2) is 47.3 Å². The molecule has 0 bridgehead atoms. The molecule has 1 fully saturated rings. The average molecular weight is 270 g/mol. The molecule has 0 aliphatic heterocycles. The number of nitrogens with zero attached hydrogens (tertiary/aromatic N) is 3. The van der Waals surface area contributed by atoms with E-state index in [4.69, 9.17) is 4.74 Å². The third-order valence-corrected chi connectivity index (χ3v) is 3.82. The molecule has 1 saturated carbocycles. The van der Waals surface area contributed by atoms with E-state index in [1.807, 2.05) is 0 Å². The Hall–Kier alpha value is -0.720. The normalized spacial score (nSPS) is 15.3. The first-order valence-electron chi connectivity index (χ1n) is 6.63. The topological polar surface area (TPSA) is 50.3 Å². The van der Waals surface area contributed by atoms with E-state index in [1.165, 1.54) is 24.4 Å². The predicted molar refractivity (Wildman–Crippen MR) is 74.0 cm³/mol. The SMILES string of the molecule is CCCNc1snnc1CN(CCOC)C1CC1. The molecule has 0 spiro atoms. The average Bonchev–Trinajstić information content (AvgIpc) is 3.13. The summed E-state index contributed by atoms with van der Waals surface area (Å²) in [6.07, 6.45) is 3.73. The molecular weight excluding hydrogens is 248 g/mol. The van der Waals surface area contributed by atoms with Crippen LogP contribution in [-0.2, 0) is 11.3 Å². The maximum atomic E-state index is 5.17. The van der Waals surface area contributed by atoms with Gasteiger partial charge in [-0.1, -0.05) is 11.4 Å². The first-order valence-corrected chi connectivity index (χ1v) is 7.40. The Morgan fingerprint density at radius 3 is 3.00 bits per heavy atom. The molecule has 2 rings (SSSR count). The van der Waals surface area contributed by atoms with Crippen LogP contribution in [0.4, 0.5) is 5.00 Å². The number of ether oxygens (including phenoxy) is 1. The van der Waals surface area contributed by atoms with Crippen LogP contribution in [0.2, 0.25) is 0 Å². The Morgan fingerprint density at radius 2 is 2.33 bits per heavy atom. The lowest BCUT2D eigenvalue weighted by Crippen LogP contribution is -2.29. The van der Waals surface area contributed by atoms with Gasteiger partial charge in [-0.3, -0.25) is 4.90 Å². The molecule has 1 N–H and O–H groups in total. The molecular formula is C12H22N4OS. The molecule has 0 saturated heterocycles. The Bertz CT molecular complexity index is 354. The van der Waals surface area contributed by atoms with Crippen LogP contribution < -0.4 is 5.32 Å². The summed E-state index contributed by atoms with van der Waals surface area (Å²) in [7, 11) is 1.75. The van der Waals surface area contributed by atoms with Crippen molar-refractivity contribution in [1.82, 2.24) is 14.5 Å². The monoisotopic (exact) mass is 270 g/mol. The minimum Gasteiger partial charge on any atom is -0.383 e. The fourth-order valence-corrected chi connectivity index (χ4v) is 2.51. The molecule has 0 unspecified atom stereocenters. The lowest BCUT2D eigenvalue weighted by molar-refractivity contribution is 0.139. The summed E-state index contributed by atoms with van der Waals surface area (Å²) in [5.74, 6) is 0. The Kier molecular flexibility index (Phi) is 5.34. The summed E-state index contributed by atoms with van der Waals surface area (Å²) in [6, 6.07) is 0.723. The van der Waals surface area contributed by atoms with Gasteiger partial charge in [0.25, 0.3) is 0 Å². The second-order valence-corrected chi connectivity index (χ2v) is 5.42. The van der Waals surface area contributed by atoms with Crippen molar-refractivity contribution in [2.75, 3.05) is 32.1 Å². The van der Waals surface area contributed by atoms with Gasteiger partial charge < -0.3 is 10.1 Å². The van der Waals surface area contributed by atoms with Gasteiger partial charge in [-0.25, -0.2) is 0 Å². The number of nitrogens with one attached hydrogen (secondary N) is 1. The maximum Gasteiger partial charge on any atom is 0.134 e. The van der Waals surface area contributed by atoms with Crippen LogP contribution in [0.3, 0.4) is 0 Å². The van der Waals surface area contributed by atoms with Crippen LogP contribution in [0, 0.1) is 0 Å². The van der Waals surface area contributed by atoms with Crippen LogP contribution in [0.1, 0.15) is 31.9 Å². The van der Waals surface area contributed by atoms with Crippen molar-refractivity contribution in [2.45, 2.75) is 38.8 Å². The molecule has 1 aromatic heterocycles. The van der Waals surface area contributed by atoms with E-state index in [-0.39, 0.29) is 0 Å². The molecule has 102 valence electrons. The molecule has 1 aromatic rings. The number of methoxy groups -OCH3 is 1. The number of hydrogen-bond acceptors (Lipinski definition) is 6. The van der Waals surface area contributed by atoms with Gasteiger partial charge >= 0.3 is 0 Å². The summed E-state index contributed by atoms with van der Waals surface area (Å²) in [4.78, 5) is 2.46. The first kappa shape index (κ1) is 13.7. The van der Waals surface area contributed by atoms with Crippen molar-refractivity contribution in [3.05, 3.63) is 5.69 Å². The second kappa shape index (κ2) is 7.01. The minimum absolute atomic E-state index is 0.723. The van der Waals surface area contributed by atoms with E-state index in [1.54, 1.807) is 7.11 Å². The highest BCUT2D eigenvalue weighted by Gasteiger charge is 2.29. The van der Waals surface area contributed by atoms with Gasteiger partial charge in [0, 0.05) is 44.3 Å². The molecule has 1 heterocycles. The number of hydrogen-bond donors (Lipinski definition) is 1. The smallest absolute Gasteiger partial charge is 0.134 e. The second-order valence-electron chi connectivity index (χ2n) is 4.67. The van der Waals surface area contributed by atoms with Gasteiger partial charge in [0.05, 0.1) is 6.61 Å². The molecule has 0 atom stereocenters. The van der Waals surface area contributed by atoms with E-state index < -0.39 is 0 Å². The zero-order chi connectivity index (χ0) is 12.8. The van der Waals surface area contributed by atoms with E-state index in [0.717, 1.165) is 49.4 Å². The Balaban J connectivity index is 1.91. The highest BCUT2D eigenvalue weighted by molar-refractivity contribution is 7.10. The third-order valence-electron chi connectivity index (χ3n) is 3.09. The number of anilines is 1. The van der Waals surface area contributed by atoms with Gasteiger partial charge in [0.15, 0.2) is 0 Å². The summed E-state index contributed by atoms with van der Waals surface area (Å²) in [5.41, 5.74) is 1.08. The maximum absolute atomic E-state index is 5.17. The number of aromatic nitrogens is 2. The van der Waals surface area contributed by atoms with Crippen molar-refractivity contribution in [2.24, 2.45) is 0 Å². The van der Waals surface area contributed by atoms with Crippen molar-refractivity contribution in [1.29, 1.82) is 0 Å². The van der Waals surface area contributed by atoms with Crippen molar-refractivity contribution in [3.63, 3.8) is 0 Å². The summed E-state index contributed by atoms with van der Waals surface area (Å²) in [6.45, 7) is 5.79. The van der Waals surface area contributed by atoms with Crippen LogP contribution >= 0.6 is 11.5 Å². The molecule has 0 amide bonds. The first-order chi connectivity index (χ1) is 8.85. The highest BCUT2D eigenvalue weighted by Crippen LogP contribution is 2.29. The fraction of sp³-hybridized carbons (Fsp3) is 0.833. The Morgan fingerprint density at radius 1 is 1.50 bits per heavy atom. The van der Waals surface area contributed by atoms with E-state index >= 15 is 0 Å². The molecule has 5 nitrogen and oxygen atoms in total. The molecule has 0 aromatic carbocycles.